The van der Waals surface area contributed by atoms with Crippen LogP contribution in [0.1, 0.15) is 6.92 Å². The van der Waals surface area contributed by atoms with Gasteiger partial charge in [0.15, 0.2) is 0 Å². The van der Waals surface area contributed by atoms with Crippen LogP contribution in [0.15, 0.2) is 48.7 Å². The van der Waals surface area contributed by atoms with Gasteiger partial charge in [-0.05, 0) is 17.7 Å². The summed E-state index contributed by atoms with van der Waals surface area (Å²) >= 11 is 0. The Morgan fingerprint density at radius 1 is 1.25 bits per heavy atom. The Morgan fingerprint density at radius 2 is 2.00 bits per heavy atom. The molecule has 0 fully saturated rings. The maximum Gasteiger partial charge on any atom is 0.230 e. The second-order valence-electron chi connectivity index (χ2n) is 4.61. The third-order valence-electron chi connectivity index (χ3n) is 3.00. The number of carbonyl (C=O) groups excluding carboxylic acids is 1. The van der Waals surface area contributed by atoms with Gasteiger partial charge in [-0.1, -0.05) is 37.3 Å². The first-order chi connectivity index (χ1) is 9.72. The number of pyridine rings is 1. The zero-order valence-electron chi connectivity index (χ0n) is 11.7. The molecule has 1 N–H and O–H groups in total. The molecule has 0 aliphatic carbocycles. The maximum atomic E-state index is 12.1. The van der Waals surface area contributed by atoms with Crippen molar-refractivity contribution in [2.45, 2.75) is 6.92 Å². The number of nitrogens with one attached hydrogen (secondary N) is 1. The van der Waals surface area contributed by atoms with Crippen LogP contribution in [0.5, 0.6) is 0 Å². The standard InChI is InChI=1S/C16H18N2O2/c1-12(11-20-2)16(19)18-15-14(9-6-10-17-15)13-7-4-3-5-8-13/h3-10,12H,11H2,1-2H3,(H,17,18,19)/t12-/m0/s1. The van der Waals surface area contributed by atoms with Crippen molar-refractivity contribution in [1.82, 2.24) is 4.98 Å². The molecule has 2 aromatic rings. The Labute approximate surface area is 118 Å². The number of hydrogen-bond donors (Lipinski definition) is 1. The lowest BCUT2D eigenvalue weighted by molar-refractivity contribution is -0.120. The topological polar surface area (TPSA) is 51.2 Å². The van der Waals surface area contributed by atoms with Gasteiger partial charge in [-0.15, -0.1) is 0 Å². The normalized spacial score (nSPS) is 11.9. The fourth-order valence-electron chi connectivity index (χ4n) is 1.92. The molecule has 0 aliphatic heterocycles. The molecule has 0 bridgehead atoms. The minimum atomic E-state index is -0.217. The average Bonchev–Trinajstić information content (AvgIpc) is 2.49. The Kier molecular flexibility index (Phi) is 4.85. The summed E-state index contributed by atoms with van der Waals surface area (Å²) in [5, 5.41) is 2.86. The molecule has 2 rings (SSSR count). The van der Waals surface area contributed by atoms with E-state index in [9.17, 15) is 4.79 Å². The molecule has 0 saturated heterocycles. The predicted octanol–water partition coefficient (Wildman–Crippen LogP) is 2.97. The number of carbonyl (C=O) groups is 1. The van der Waals surface area contributed by atoms with Crippen molar-refractivity contribution in [3.8, 4) is 11.1 Å². The number of aromatic nitrogens is 1. The van der Waals surface area contributed by atoms with Crippen LogP contribution in [-0.4, -0.2) is 24.6 Å². The van der Waals surface area contributed by atoms with Gasteiger partial charge in [0.05, 0.1) is 12.5 Å². The van der Waals surface area contributed by atoms with Gasteiger partial charge < -0.3 is 10.1 Å². The van der Waals surface area contributed by atoms with E-state index >= 15 is 0 Å². The lowest BCUT2D eigenvalue weighted by Gasteiger charge is -2.13. The number of rotatable bonds is 5. The molecule has 104 valence electrons. The zero-order valence-corrected chi connectivity index (χ0v) is 11.7. The van der Waals surface area contributed by atoms with Crippen LogP contribution in [0.25, 0.3) is 11.1 Å². The molecule has 20 heavy (non-hydrogen) atoms. The molecule has 0 radical (unpaired) electrons. The van der Waals surface area contributed by atoms with Crippen molar-refractivity contribution in [3.05, 3.63) is 48.7 Å². The van der Waals surface area contributed by atoms with Gasteiger partial charge in [0, 0.05) is 18.9 Å². The summed E-state index contributed by atoms with van der Waals surface area (Å²) in [5.41, 5.74) is 1.93. The highest BCUT2D eigenvalue weighted by molar-refractivity contribution is 5.95. The van der Waals surface area contributed by atoms with Crippen molar-refractivity contribution in [2.24, 2.45) is 5.92 Å². The average molecular weight is 270 g/mol. The highest BCUT2D eigenvalue weighted by atomic mass is 16.5. The van der Waals surface area contributed by atoms with E-state index in [0.29, 0.717) is 12.4 Å². The Bertz CT molecular complexity index is 570. The van der Waals surface area contributed by atoms with Crippen LogP contribution < -0.4 is 5.32 Å². The smallest absolute Gasteiger partial charge is 0.230 e. The van der Waals surface area contributed by atoms with E-state index < -0.39 is 0 Å². The lowest BCUT2D eigenvalue weighted by atomic mass is 10.1. The summed E-state index contributed by atoms with van der Waals surface area (Å²) in [5.74, 6) is 0.264. The van der Waals surface area contributed by atoms with Crippen LogP contribution in [0, 0.1) is 5.92 Å². The molecule has 1 aromatic heterocycles. The minimum Gasteiger partial charge on any atom is -0.384 e. The third kappa shape index (κ3) is 3.42. The molecule has 1 heterocycles. The molecule has 0 saturated carbocycles. The molecule has 4 nitrogen and oxygen atoms in total. The van der Waals surface area contributed by atoms with E-state index in [1.807, 2.05) is 49.4 Å². The summed E-state index contributed by atoms with van der Waals surface area (Å²) in [6.45, 7) is 2.21. The van der Waals surface area contributed by atoms with Crippen molar-refractivity contribution in [1.29, 1.82) is 0 Å². The van der Waals surface area contributed by atoms with Crippen LogP contribution in [0.3, 0.4) is 0 Å². The third-order valence-corrected chi connectivity index (χ3v) is 3.00. The number of amides is 1. The highest BCUT2D eigenvalue weighted by Crippen LogP contribution is 2.25. The summed E-state index contributed by atoms with van der Waals surface area (Å²) < 4.78 is 5.00. The number of hydrogen-bond acceptors (Lipinski definition) is 3. The van der Waals surface area contributed by atoms with Crippen molar-refractivity contribution >= 4 is 11.7 Å². The van der Waals surface area contributed by atoms with Crippen molar-refractivity contribution in [3.63, 3.8) is 0 Å². The van der Waals surface area contributed by atoms with Gasteiger partial charge in [-0.2, -0.15) is 0 Å². The summed E-state index contributed by atoms with van der Waals surface area (Å²) in [7, 11) is 1.58. The first kappa shape index (κ1) is 14.2. The molecule has 0 spiro atoms. The van der Waals surface area contributed by atoms with Gasteiger partial charge in [-0.3, -0.25) is 4.79 Å². The summed E-state index contributed by atoms with van der Waals surface area (Å²) in [4.78, 5) is 16.3. The molecule has 1 atom stereocenters. The van der Waals surface area contributed by atoms with E-state index in [4.69, 9.17) is 4.74 Å². The summed E-state index contributed by atoms with van der Waals surface area (Å²) in [6.07, 6.45) is 1.67. The van der Waals surface area contributed by atoms with E-state index in [0.717, 1.165) is 11.1 Å². The number of methoxy groups -OCH3 is 1. The monoisotopic (exact) mass is 270 g/mol. The molecular weight excluding hydrogens is 252 g/mol. The van der Waals surface area contributed by atoms with Gasteiger partial charge in [-0.25, -0.2) is 4.98 Å². The maximum absolute atomic E-state index is 12.1. The largest absolute Gasteiger partial charge is 0.384 e. The van der Waals surface area contributed by atoms with Crippen LogP contribution in [0.4, 0.5) is 5.82 Å². The molecule has 0 aliphatic rings. The van der Waals surface area contributed by atoms with Crippen molar-refractivity contribution < 1.29 is 9.53 Å². The molecule has 4 heteroatoms. The summed E-state index contributed by atoms with van der Waals surface area (Å²) in [6, 6.07) is 13.7. The molecule has 1 aromatic carbocycles. The second-order valence-corrected chi connectivity index (χ2v) is 4.61. The quantitative estimate of drug-likeness (QED) is 0.908. The first-order valence-corrected chi connectivity index (χ1v) is 6.52. The SMILES string of the molecule is COC[C@H](C)C(=O)Nc1ncccc1-c1ccccc1. The Hall–Kier alpha value is -2.20. The van der Waals surface area contributed by atoms with Crippen LogP contribution in [-0.2, 0) is 9.53 Å². The predicted molar refractivity (Wildman–Crippen MR) is 79.3 cm³/mol. The number of nitrogens with zero attached hydrogens (tertiary/aromatic N) is 1. The van der Waals surface area contributed by atoms with Gasteiger partial charge >= 0.3 is 0 Å². The highest BCUT2D eigenvalue weighted by Gasteiger charge is 2.15. The number of anilines is 1. The minimum absolute atomic E-state index is 0.0947. The van der Waals surface area contributed by atoms with E-state index in [1.165, 1.54) is 0 Å². The van der Waals surface area contributed by atoms with E-state index in [-0.39, 0.29) is 11.8 Å². The second kappa shape index (κ2) is 6.82. The Morgan fingerprint density at radius 3 is 2.70 bits per heavy atom. The van der Waals surface area contributed by atoms with E-state index in [2.05, 4.69) is 10.3 Å². The lowest BCUT2D eigenvalue weighted by Crippen LogP contribution is -2.24. The molecule has 0 unspecified atom stereocenters. The Balaban J connectivity index is 2.23. The molecule has 1 amide bonds. The van der Waals surface area contributed by atoms with Crippen LogP contribution >= 0.6 is 0 Å². The molecular formula is C16H18N2O2. The van der Waals surface area contributed by atoms with Gasteiger partial charge in [0.1, 0.15) is 5.82 Å². The zero-order chi connectivity index (χ0) is 14.4. The van der Waals surface area contributed by atoms with E-state index in [1.54, 1.807) is 13.3 Å². The van der Waals surface area contributed by atoms with Crippen LogP contribution in [0.2, 0.25) is 0 Å². The fourth-order valence-corrected chi connectivity index (χ4v) is 1.92. The number of ether oxygens (including phenoxy) is 1. The first-order valence-electron chi connectivity index (χ1n) is 6.52. The number of benzene rings is 1. The van der Waals surface area contributed by atoms with Gasteiger partial charge in [0.2, 0.25) is 5.91 Å². The fraction of sp³-hybridized carbons (Fsp3) is 0.250. The van der Waals surface area contributed by atoms with Gasteiger partial charge in [0.25, 0.3) is 0 Å². The van der Waals surface area contributed by atoms with Crippen molar-refractivity contribution in [2.75, 3.05) is 19.0 Å².